The van der Waals surface area contributed by atoms with Gasteiger partial charge in [-0.25, -0.2) is 0 Å². The summed E-state index contributed by atoms with van der Waals surface area (Å²) in [6, 6.07) is 7.65. The van der Waals surface area contributed by atoms with Gasteiger partial charge in [-0.3, -0.25) is 9.59 Å². The Bertz CT molecular complexity index is 643. The molecule has 3 aliphatic rings. The van der Waals surface area contributed by atoms with Gasteiger partial charge in [-0.05, 0) is 56.3 Å². The van der Waals surface area contributed by atoms with Crippen LogP contribution < -0.4 is 15.5 Å². The lowest BCUT2D eigenvalue weighted by Gasteiger charge is -2.24. The summed E-state index contributed by atoms with van der Waals surface area (Å²) in [6.07, 6.45) is 4.68. The van der Waals surface area contributed by atoms with Crippen molar-refractivity contribution < 1.29 is 9.59 Å². The average molecular weight is 350 g/mol. The maximum Gasteiger partial charge on any atom is 0.228 e. The van der Waals surface area contributed by atoms with Gasteiger partial charge in [-0.15, -0.1) is 12.4 Å². The largest absolute Gasteiger partial charge is 0.324 e. The third kappa shape index (κ3) is 3.03. The van der Waals surface area contributed by atoms with E-state index < -0.39 is 0 Å². The minimum absolute atomic E-state index is 0. The maximum absolute atomic E-state index is 12.7. The van der Waals surface area contributed by atoms with Crippen LogP contribution >= 0.6 is 12.4 Å². The summed E-state index contributed by atoms with van der Waals surface area (Å²) in [5.74, 6) is 0.394. The molecule has 6 heteroatoms. The van der Waals surface area contributed by atoms with Crippen molar-refractivity contribution in [2.45, 2.75) is 32.1 Å². The van der Waals surface area contributed by atoms with Crippen molar-refractivity contribution in [1.29, 1.82) is 0 Å². The maximum atomic E-state index is 12.7. The highest BCUT2D eigenvalue weighted by Crippen LogP contribution is 2.58. The highest BCUT2D eigenvalue weighted by Gasteiger charge is 2.57. The molecular weight excluding hydrogens is 326 g/mol. The minimum Gasteiger partial charge on any atom is -0.324 e. The summed E-state index contributed by atoms with van der Waals surface area (Å²) in [5, 5.41) is 6.45. The molecule has 0 aromatic heterocycles. The molecule has 0 radical (unpaired) electrons. The van der Waals surface area contributed by atoms with Gasteiger partial charge in [0.1, 0.15) is 0 Å². The topological polar surface area (TPSA) is 61.4 Å². The van der Waals surface area contributed by atoms with Crippen LogP contribution in [0.25, 0.3) is 0 Å². The first-order valence-corrected chi connectivity index (χ1v) is 8.61. The predicted molar refractivity (Wildman–Crippen MR) is 96.6 cm³/mol. The van der Waals surface area contributed by atoms with Crippen molar-refractivity contribution in [3.05, 3.63) is 24.3 Å². The van der Waals surface area contributed by atoms with E-state index in [-0.39, 0.29) is 35.6 Å². The molecule has 1 aromatic rings. The lowest BCUT2D eigenvalue weighted by Crippen LogP contribution is -2.32. The summed E-state index contributed by atoms with van der Waals surface area (Å²) < 4.78 is 0. The summed E-state index contributed by atoms with van der Waals surface area (Å²) in [5.41, 5.74) is 1.83. The Balaban J connectivity index is 0.00000169. The highest BCUT2D eigenvalue weighted by atomic mass is 35.5. The first-order valence-electron chi connectivity index (χ1n) is 8.61. The zero-order valence-corrected chi connectivity index (χ0v) is 14.5. The van der Waals surface area contributed by atoms with Crippen LogP contribution in [0.2, 0.25) is 0 Å². The molecule has 0 bridgehead atoms. The molecule has 130 valence electrons. The highest BCUT2D eigenvalue weighted by molar-refractivity contribution is 6.03. The molecule has 1 aliphatic carbocycles. The lowest BCUT2D eigenvalue weighted by molar-refractivity contribution is -0.118. The van der Waals surface area contributed by atoms with Crippen molar-refractivity contribution in [3.63, 3.8) is 0 Å². The molecule has 2 N–H and O–H groups in total. The summed E-state index contributed by atoms with van der Waals surface area (Å²) in [6.45, 7) is 2.77. The Morgan fingerprint density at radius 1 is 1.25 bits per heavy atom. The van der Waals surface area contributed by atoms with E-state index in [0.717, 1.165) is 56.7 Å². The van der Waals surface area contributed by atoms with E-state index in [9.17, 15) is 9.59 Å². The van der Waals surface area contributed by atoms with Crippen LogP contribution in [0.5, 0.6) is 0 Å². The van der Waals surface area contributed by atoms with E-state index in [1.165, 1.54) is 0 Å². The van der Waals surface area contributed by atoms with Gasteiger partial charge in [0, 0.05) is 18.9 Å². The van der Waals surface area contributed by atoms with Crippen LogP contribution in [0.3, 0.4) is 0 Å². The quantitative estimate of drug-likeness (QED) is 0.881. The first kappa shape index (κ1) is 17.2. The molecule has 1 aromatic carbocycles. The second-order valence-corrected chi connectivity index (χ2v) is 7.02. The van der Waals surface area contributed by atoms with Crippen LogP contribution in [0.1, 0.15) is 32.1 Å². The molecule has 1 unspecified atom stereocenters. The van der Waals surface area contributed by atoms with Crippen molar-refractivity contribution in [3.8, 4) is 0 Å². The lowest BCUT2D eigenvalue weighted by atomic mass is 9.92. The fourth-order valence-electron chi connectivity index (χ4n) is 4.13. The number of hydrogen-bond acceptors (Lipinski definition) is 3. The van der Waals surface area contributed by atoms with Gasteiger partial charge < -0.3 is 15.5 Å². The second kappa shape index (κ2) is 6.73. The van der Waals surface area contributed by atoms with Gasteiger partial charge in [0.05, 0.1) is 11.4 Å². The molecule has 2 heterocycles. The molecule has 2 aliphatic heterocycles. The minimum atomic E-state index is 0. The average Bonchev–Trinajstić information content (AvgIpc) is 3.08. The second-order valence-electron chi connectivity index (χ2n) is 7.02. The number of hydrogen-bond donors (Lipinski definition) is 2. The summed E-state index contributed by atoms with van der Waals surface area (Å²) >= 11 is 0. The third-order valence-electron chi connectivity index (χ3n) is 5.63. The molecule has 1 spiro atoms. The number of nitrogens with one attached hydrogen (secondary N) is 2. The molecule has 3 fully saturated rings. The SMILES string of the molecule is Cl.O=C(Nc1ccccc1N1CCCC1=O)C1CC12CCNCC2. The van der Waals surface area contributed by atoms with Gasteiger partial charge in [-0.1, -0.05) is 12.1 Å². The molecular formula is C18H24ClN3O2. The molecule has 2 amide bonds. The number of amides is 2. The molecule has 1 saturated carbocycles. The van der Waals surface area contributed by atoms with Crippen LogP contribution in [-0.4, -0.2) is 31.4 Å². The van der Waals surface area contributed by atoms with Crippen LogP contribution in [0.15, 0.2) is 24.3 Å². The fourth-order valence-corrected chi connectivity index (χ4v) is 4.13. The molecule has 1 atom stereocenters. The van der Waals surface area contributed by atoms with Crippen molar-refractivity contribution in [2.24, 2.45) is 11.3 Å². The molecule has 5 nitrogen and oxygen atoms in total. The Kier molecular flexibility index (Phi) is 4.83. The van der Waals surface area contributed by atoms with E-state index in [4.69, 9.17) is 0 Å². The number of rotatable bonds is 3. The number of anilines is 2. The van der Waals surface area contributed by atoms with Gasteiger partial charge in [0.2, 0.25) is 11.8 Å². The summed E-state index contributed by atoms with van der Waals surface area (Å²) in [4.78, 5) is 26.5. The van der Waals surface area contributed by atoms with Gasteiger partial charge >= 0.3 is 0 Å². The van der Waals surface area contributed by atoms with Crippen molar-refractivity contribution in [2.75, 3.05) is 29.9 Å². The molecule has 4 rings (SSSR count). The predicted octanol–water partition coefficient (Wildman–Crippen LogP) is 2.56. The fraction of sp³-hybridized carbons (Fsp3) is 0.556. The van der Waals surface area contributed by atoms with Crippen LogP contribution in [-0.2, 0) is 9.59 Å². The number of carbonyl (C=O) groups excluding carboxylic acids is 2. The van der Waals surface area contributed by atoms with E-state index in [1.807, 2.05) is 24.3 Å². The Labute approximate surface area is 148 Å². The standard InChI is InChI=1S/C18H23N3O2.ClH/c22-16-6-3-11-21(16)15-5-2-1-4-14(15)20-17(23)13-12-18(13)7-9-19-10-8-18;/h1-2,4-5,13,19H,3,6-12H2,(H,20,23);1H. The Morgan fingerprint density at radius 3 is 2.71 bits per heavy atom. The van der Waals surface area contributed by atoms with Crippen LogP contribution in [0, 0.1) is 11.3 Å². The number of nitrogens with zero attached hydrogens (tertiary/aromatic N) is 1. The molecule has 24 heavy (non-hydrogen) atoms. The number of para-hydroxylation sites is 2. The number of benzene rings is 1. The van der Waals surface area contributed by atoms with Crippen LogP contribution in [0.4, 0.5) is 11.4 Å². The van der Waals surface area contributed by atoms with E-state index >= 15 is 0 Å². The monoisotopic (exact) mass is 349 g/mol. The normalized spacial score (nSPS) is 24.6. The smallest absolute Gasteiger partial charge is 0.228 e. The number of carbonyl (C=O) groups is 2. The van der Waals surface area contributed by atoms with E-state index in [1.54, 1.807) is 4.90 Å². The zero-order chi connectivity index (χ0) is 15.9. The van der Waals surface area contributed by atoms with E-state index in [0.29, 0.717) is 6.42 Å². The van der Waals surface area contributed by atoms with Gasteiger partial charge in [0.25, 0.3) is 0 Å². The van der Waals surface area contributed by atoms with Gasteiger partial charge in [0.15, 0.2) is 0 Å². The Morgan fingerprint density at radius 2 is 2.00 bits per heavy atom. The first-order chi connectivity index (χ1) is 11.2. The number of piperidine rings is 1. The van der Waals surface area contributed by atoms with Crippen molar-refractivity contribution in [1.82, 2.24) is 5.32 Å². The van der Waals surface area contributed by atoms with Gasteiger partial charge in [-0.2, -0.15) is 0 Å². The van der Waals surface area contributed by atoms with Crippen molar-refractivity contribution >= 4 is 35.6 Å². The third-order valence-corrected chi connectivity index (χ3v) is 5.63. The number of halogens is 1. The zero-order valence-electron chi connectivity index (χ0n) is 13.7. The Hall–Kier alpha value is -1.59. The van der Waals surface area contributed by atoms with E-state index in [2.05, 4.69) is 10.6 Å². The summed E-state index contributed by atoms with van der Waals surface area (Å²) in [7, 11) is 0. The molecule has 2 saturated heterocycles.